The topological polar surface area (TPSA) is 51.8 Å². The summed E-state index contributed by atoms with van der Waals surface area (Å²) in [5.74, 6) is 0.673. The number of anilines is 1. The Hall–Kier alpha value is -1.42. The molecule has 70 valence electrons. The summed E-state index contributed by atoms with van der Waals surface area (Å²) in [4.78, 5) is 8.29. The number of rotatable bonds is 1. The Morgan fingerprint density at radius 3 is 2.36 bits per heavy atom. The molecule has 2 N–H and O–H groups in total. The molecule has 2 rings (SSSR count). The lowest BCUT2D eigenvalue weighted by Gasteiger charge is -2.01. The van der Waals surface area contributed by atoms with Crippen molar-refractivity contribution in [2.24, 2.45) is 0 Å². The van der Waals surface area contributed by atoms with Crippen LogP contribution in [0.3, 0.4) is 0 Å². The van der Waals surface area contributed by atoms with Crippen LogP contribution in [0.25, 0.3) is 11.4 Å². The van der Waals surface area contributed by atoms with Crippen LogP contribution >= 0.6 is 15.9 Å². The van der Waals surface area contributed by atoms with Gasteiger partial charge in [0.2, 0.25) is 0 Å². The molecule has 2 aromatic rings. The van der Waals surface area contributed by atoms with Crippen molar-refractivity contribution in [3.63, 3.8) is 0 Å². The van der Waals surface area contributed by atoms with E-state index in [1.807, 2.05) is 24.3 Å². The molecule has 4 heteroatoms. The van der Waals surface area contributed by atoms with Gasteiger partial charge in [-0.2, -0.15) is 0 Å². The highest BCUT2D eigenvalue weighted by atomic mass is 79.9. The molecule has 0 atom stereocenters. The highest BCUT2D eigenvalue weighted by Crippen LogP contribution is 2.24. The molecular weight excluding hydrogens is 242 g/mol. The van der Waals surface area contributed by atoms with E-state index in [4.69, 9.17) is 5.73 Å². The van der Waals surface area contributed by atoms with E-state index >= 15 is 0 Å². The first-order valence-corrected chi connectivity index (χ1v) is 4.89. The van der Waals surface area contributed by atoms with Gasteiger partial charge in [-0.25, -0.2) is 9.97 Å². The van der Waals surface area contributed by atoms with Gasteiger partial charge in [-0.1, -0.05) is 34.1 Å². The summed E-state index contributed by atoms with van der Waals surface area (Å²) in [5, 5.41) is 0. The third-order valence-electron chi connectivity index (χ3n) is 1.79. The quantitative estimate of drug-likeness (QED) is 0.845. The van der Waals surface area contributed by atoms with E-state index in [2.05, 4.69) is 25.9 Å². The maximum atomic E-state index is 5.51. The van der Waals surface area contributed by atoms with Crippen LogP contribution < -0.4 is 5.73 Å². The van der Waals surface area contributed by atoms with Crippen molar-refractivity contribution in [3.05, 3.63) is 41.1 Å². The van der Waals surface area contributed by atoms with Gasteiger partial charge >= 0.3 is 0 Å². The molecule has 0 radical (unpaired) electrons. The van der Waals surface area contributed by atoms with Gasteiger partial charge in [0.05, 0.1) is 18.1 Å². The van der Waals surface area contributed by atoms with Gasteiger partial charge in [0, 0.05) is 10.0 Å². The summed E-state index contributed by atoms with van der Waals surface area (Å²) in [6, 6.07) is 7.80. The number of hydrogen-bond acceptors (Lipinski definition) is 3. The number of nitrogens with two attached hydrogens (primary N) is 1. The van der Waals surface area contributed by atoms with E-state index in [0.717, 1.165) is 10.0 Å². The zero-order chi connectivity index (χ0) is 9.97. The monoisotopic (exact) mass is 249 g/mol. The fraction of sp³-hybridized carbons (Fsp3) is 0. The van der Waals surface area contributed by atoms with Crippen LogP contribution in [0.5, 0.6) is 0 Å². The molecule has 0 saturated carbocycles. The molecule has 0 bridgehead atoms. The van der Waals surface area contributed by atoms with Crippen LogP contribution in [0, 0.1) is 0 Å². The van der Waals surface area contributed by atoms with E-state index < -0.39 is 0 Å². The van der Waals surface area contributed by atoms with Gasteiger partial charge in [0.25, 0.3) is 0 Å². The summed E-state index contributed by atoms with van der Waals surface area (Å²) < 4.78 is 0.977. The molecule has 0 aliphatic heterocycles. The van der Waals surface area contributed by atoms with Crippen molar-refractivity contribution in [2.75, 3.05) is 5.73 Å². The van der Waals surface area contributed by atoms with Gasteiger partial charge in [0.1, 0.15) is 0 Å². The predicted octanol–water partition coefficient (Wildman–Crippen LogP) is 2.49. The van der Waals surface area contributed by atoms with Crippen molar-refractivity contribution >= 4 is 21.6 Å². The fourth-order valence-corrected chi connectivity index (χ4v) is 1.58. The molecule has 0 unspecified atom stereocenters. The molecule has 0 amide bonds. The predicted molar refractivity (Wildman–Crippen MR) is 59.6 cm³/mol. The molecule has 0 aliphatic carbocycles. The lowest BCUT2D eigenvalue weighted by atomic mass is 10.2. The number of aromatic nitrogens is 2. The Bertz CT molecular complexity index is 439. The van der Waals surface area contributed by atoms with Gasteiger partial charge in [-0.05, 0) is 6.07 Å². The molecule has 0 saturated heterocycles. The van der Waals surface area contributed by atoms with Gasteiger partial charge in [-0.15, -0.1) is 0 Å². The Morgan fingerprint density at radius 2 is 1.71 bits per heavy atom. The minimum atomic E-state index is 0.570. The summed E-state index contributed by atoms with van der Waals surface area (Å²) >= 11 is 3.44. The van der Waals surface area contributed by atoms with E-state index in [9.17, 15) is 0 Å². The second kappa shape index (κ2) is 3.75. The van der Waals surface area contributed by atoms with E-state index in [0.29, 0.717) is 11.5 Å². The normalized spacial score (nSPS) is 10.1. The number of benzene rings is 1. The average molecular weight is 250 g/mol. The summed E-state index contributed by atoms with van der Waals surface area (Å²) in [6.45, 7) is 0. The van der Waals surface area contributed by atoms with E-state index in [-0.39, 0.29) is 0 Å². The molecule has 0 fully saturated rings. The van der Waals surface area contributed by atoms with Crippen molar-refractivity contribution in [2.45, 2.75) is 0 Å². The molecule has 3 nitrogen and oxygen atoms in total. The van der Waals surface area contributed by atoms with Crippen LogP contribution in [-0.4, -0.2) is 9.97 Å². The smallest absolute Gasteiger partial charge is 0.160 e. The van der Waals surface area contributed by atoms with Crippen LogP contribution in [0.15, 0.2) is 41.1 Å². The van der Waals surface area contributed by atoms with Crippen LogP contribution in [0.1, 0.15) is 0 Å². The zero-order valence-electron chi connectivity index (χ0n) is 7.31. The summed E-state index contributed by atoms with van der Waals surface area (Å²) in [5.41, 5.74) is 7.04. The van der Waals surface area contributed by atoms with Gasteiger partial charge < -0.3 is 5.73 Å². The number of halogens is 1. The minimum absolute atomic E-state index is 0.570. The van der Waals surface area contributed by atoms with Crippen LogP contribution in [-0.2, 0) is 0 Å². The third kappa shape index (κ3) is 1.75. The standard InChI is InChI=1S/C10H8BrN3/c11-9-4-2-1-3-8(9)10-13-5-7(12)6-14-10/h1-6H,12H2. The number of hydrogen-bond donors (Lipinski definition) is 1. The van der Waals surface area contributed by atoms with Crippen molar-refractivity contribution in [1.82, 2.24) is 9.97 Å². The summed E-state index contributed by atoms with van der Waals surface area (Å²) in [6.07, 6.45) is 3.20. The maximum Gasteiger partial charge on any atom is 0.160 e. The SMILES string of the molecule is Nc1cnc(-c2ccccc2Br)nc1. The Labute approximate surface area is 90.1 Å². The average Bonchev–Trinajstić information content (AvgIpc) is 2.20. The first-order chi connectivity index (χ1) is 6.77. The van der Waals surface area contributed by atoms with Crippen LogP contribution in [0.4, 0.5) is 5.69 Å². The highest BCUT2D eigenvalue weighted by molar-refractivity contribution is 9.10. The highest BCUT2D eigenvalue weighted by Gasteiger charge is 2.03. The third-order valence-corrected chi connectivity index (χ3v) is 2.48. The van der Waals surface area contributed by atoms with E-state index in [1.54, 1.807) is 12.4 Å². The van der Waals surface area contributed by atoms with Crippen LogP contribution in [0.2, 0.25) is 0 Å². The first kappa shape index (κ1) is 9.15. The Balaban J connectivity index is 2.50. The van der Waals surface area contributed by atoms with Gasteiger partial charge in [0.15, 0.2) is 5.82 Å². The number of nitrogens with zero attached hydrogens (tertiary/aromatic N) is 2. The largest absolute Gasteiger partial charge is 0.396 e. The Kier molecular flexibility index (Phi) is 2.45. The zero-order valence-corrected chi connectivity index (χ0v) is 8.90. The van der Waals surface area contributed by atoms with Crippen molar-refractivity contribution in [3.8, 4) is 11.4 Å². The fourth-order valence-electron chi connectivity index (χ4n) is 1.12. The summed E-state index contributed by atoms with van der Waals surface area (Å²) in [7, 11) is 0. The molecule has 0 aliphatic rings. The van der Waals surface area contributed by atoms with E-state index in [1.165, 1.54) is 0 Å². The minimum Gasteiger partial charge on any atom is -0.396 e. The second-order valence-electron chi connectivity index (χ2n) is 2.82. The lowest BCUT2D eigenvalue weighted by molar-refractivity contribution is 1.18. The first-order valence-electron chi connectivity index (χ1n) is 4.10. The Morgan fingerprint density at radius 1 is 1.07 bits per heavy atom. The molecule has 1 heterocycles. The second-order valence-corrected chi connectivity index (χ2v) is 3.67. The van der Waals surface area contributed by atoms with Crippen molar-refractivity contribution < 1.29 is 0 Å². The molecule has 14 heavy (non-hydrogen) atoms. The molecule has 1 aromatic carbocycles. The molecule has 1 aromatic heterocycles. The lowest BCUT2D eigenvalue weighted by Crippen LogP contribution is -1.92. The van der Waals surface area contributed by atoms with Gasteiger partial charge in [-0.3, -0.25) is 0 Å². The number of nitrogen functional groups attached to an aromatic ring is 1. The maximum absolute atomic E-state index is 5.51. The molecule has 0 spiro atoms. The molecular formula is C10H8BrN3. The van der Waals surface area contributed by atoms with Crippen molar-refractivity contribution in [1.29, 1.82) is 0 Å².